The summed E-state index contributed by atoms with van der Waals surface area (Å²) < 4.78 is 0. The fraction of sp³-hybridized carbons (Fsp3) is 0.231. The van der Waals surface area contributed by atoms with E-state index >= 15 is 0 Å². The molecular weight excluding hydrogens is 248 g/mol. The molecule has 2 atom stereocenters. The second-order valence-electron chi connectivity index (χ2n) is 4.60. The number of aromatic nitrogens is 1. The number of nitrogens with one attached hydrogen (secondary N) is 2. The Morgan fingerprint density at radius 2 is 1.89 bits per heavy atom. The number of aliphatic carboxylic acids is 2. The minimum Gasteiger partial charge on any atom is -0.480 e. The minimum atomic E-state index is -1.08. The molecule has 0 amide bonds. The van der Waals surface area contributed by atoms with E-state index < -0.39 is 24.0 Å². The molecule has 6 heteroatoms. The molecule has 1 aromatic heterocycles. The van der Waals surface area contributed by atoms with E-state index in [1.165, 1.54) is 0 Å². The molecule has 19 heavy (non-hydrogen) atoms. The van der Waals surface area contributed by atoms with Gasteiger partial charge in [-0.05, 0) is 11.6 Å². The lowest BCUT2D eigenvalue weighted by Crippen LogP contribution is -2.47. The number of H-pyrrole nitrogens is 1. The average Bonchev–Trinajstić information content (AvgIpc) is 2.75. The van der Waals surface area contributed by atoms with Gasteiger partial charge in [-0.2, -0.15) is 0 Å². The predicted molar refractivity (Wildman–Crippen MR) is 66.9 cm³/mol. The van der Waals surface area contributed by atoms with Crippen LogP contribution in [0.25, 0.3) is 10.9 Å². The number of hydrogen-bond acceptors (Lipinski definition) is 3. The summed E-state index contributed by atoms with van der Waals surface area (Å²) in [5.41, 5.74) is 2.15. The number of para-hydroxylation sites is 1. The molecule has 0 saturated carbocycles. The van der Waals surface area contributed by atoms with E-state index in [0.717, 1.165) is 16.5 Å². The van der Waals surface area contributed by atoms with Gasteiger partial charge in [0.2, 0.25) is 0 Å². The fourth-order valence-corrected chi connectivity index (χ4v) is 2.59. The molecule has 0 aliphatic carbocycles. The van der Waals surface area contributed by atoms with Crippen LogP contribution in [0, 0.1) is 0 Å². The molecule has 3 rings (SSSR count). The first kappa shape index (κ1) is 11.7. The van der Waals surface area contributed by atoms with Gasteiger partial charge in [0.15, 0.2) is 0 Å². The van der Waals surface area contributed by atoms with Crippen LogP contribution in [0.5, 0.6) is 0 Å². The van der Waals surface area contributed by atoms with Crippen molar-refractivity contribution in [2.75, 3.05) is 0 Å². The highest BCUT2D eigenvalue weighted by Gasteiger charge is 2.36. The molecule has 0 spiro atoms. The van der Waals surface area contributed by atoms with E-state index in [0.29, 0.717) is 5.69 Å². The number of carboxylic acids is 2. The van der Waals surface area contributed by atoms with Crippen molar-refractivity contribution in [1.82, 2.24) is 10.3 Å². The Hall–Kier alpha value is -2.34. The second kappa shape index (κ2) is 4.10. The molecule has 98 valence electrons. The molecule has 0 unspecified atom stereocenters. The zero-order valence-corrected chi connectivity index (χ0v) is 9.88. The first-order valence-electron chi connectivity index (χ1n) is 5.89. The molecule has 0 radical (unpaired) electrons. The van der Waals surface area contributed by atoms with E-state index in [9.17, 15) is 14.7 Å². The number of aromatic amines is 1. The Labute approximate surface area is 108 Å². The van der Waals surface area contributed by atoms with Gasteiger partial charge in [-0.25, -0.2) is 0 Å². The Bertz CT molecular complexity index is 676. The number of fused-ring (bicyclic) bond motifs is 3. The zero-order chi connectivity index (χ0) is 13.6. The summed E-state index contributed by atoms with van der Waals surface area (Å²) in [5.74, 6) is -2.12. The van der Waals surface area contributed by atoms with Crippen LogP contribution in [0.2, 0.25) is 0 Å². The van der Waals surface area contributed by atoms with Crippen molar-refractivity contribution in [3.05, 3.63) is 35.5 Å². The van der Waals surface area contributed by atoms with Gasteiger partial charge in [-0.3, -0.25) is 14.9 Å². The summed E-state index contributed by atoms with van der Waals surface area (Å²) in [6.45, 7) is 0. The van der Waals surface area contributed by atoms with Crippen molar-refractivity contribution >= 4 is 22.8 Å². The molecular formula is C13H12N2O4. The van der Waals surface area contributed by atoms with Crippen LogP contribution in [0.3, 0.4) is 0 Å². The van der Waals surface area contributed by atoms with Crippen LogP contribution in [-0.4, -0.2) is 33.2 Å². The van der Waals surface area contributed by atoms with Gasteiger partial charge in [0.05, 0.1) is 0 Å². The maximum atomic E-state index is 11.3. The Morgan fingerprint density at radius 3 is 2.58 bits per heavy atom. The molecule has 0 fully saturated rings. The topological polar surface area (TPSA) is 102 Å². The van der Waals surface area contributed by atoms with E-state index in [-0.39, 0.29) is 6.42 Å². The van der Waals surface area contributed by atoms with E-state index in [1.807, 2.05) is 24.3 Å². The van der Waals surface area contributed by atoms with Gasteiger partial charge < -0.3 is 15.2 Å². The van der Waals surface area contributed by atoms with Gasteiger partial charge >= 0.3 is 11.9 Å². The second-order valence-corrected chi connectivity index (χ2v) is 4.60. The molecule has 0 bridgehead atoms. The van der Waals surface area contributed by atoms with E-state index in [4.69, 9.17) is 5.11 Å². The van der Waals surface area contributed by atoms with Crippen LogP contribution >= 0.6 is 0 Å². The SMILES string of the molecule is O=C(O)[C@@H]1Cc2c([nH]c3ccccc23)[C@@H](C(=O)O)N1. The van der Waals surface area contributed by atoms with Gasteiger partial charge in [-0.15, -0.1) is 0 Å². The summed E-state index contributed by atoms with van der Waals surface area (Å²) in [6, 6.07) is 5.52. The number of carbonyl (C=O) groups is 2. The number of hydrogen-bond donors (Lipinski definition) is 4. The highest BCUT2D eigenvalue weighted by atomic mass is 16.4. The minimum absolute atomic E-state index is 0.276. The van der Waals surface area contributed by atoms with Crippen LogP contribution < -0.4 is 5.32 Å². The van der Waals surface area contributed by atoms with Crippen molar-refractivity contribution in [2.24, 2.45) is 0 Å². The standard InChI is InChI=1S/C13H12N2O4/c16-12(17)9-5-7-6-3-1-2-4-8(6)14-10(7)11(15-9)13(18)19/h1-4,9,11,14-15H,5H2,(H,16,17)(H,18,19)/t9-,11-/m0/s1. The molecule has 6 nitrogen and oxygen atoms in total. The summed E-state index contributed by atoms with van der Waals surface area (Å²) in [7, 11) is 0. The van der Waals surface area contributed by atoms with Crippen molar-refractivity contribution < 1.29 is 19.8 Å². The first-order chi connectivity index (χ1) is 9.08. The van der Waals surface area contributed by atoms with E-state index in [2.05, 4.69) is 10.3 Å². The maximum Gasteiger partial charge on any atom is 0.326 e. The third-order valence-electron chi connectivity index (χ3n) is 3.46. The average molecular weight is 260 g/mol. The van der Waals surface area contributed by atoms with Gasteiger partial charge in [0.1, 0.15) is 12.1 Å². The molecule has 1 aromatic carbocycles. The van der Waals surface area contributed by atoms with Gasteiger partial charge in [-0.1, -0.05) is 18.2 Å². The van der Waals surface area contributed by atoms with Crippen molar-refractivity contribution in [1.29, 1.82) is 0 Å². The number of benzene rings is 1. The first-order valence-corrected chi connectivity index (χ1v) is 5.89. The highest BCUT2D eigenvalue weighted by Crippen LogP contribution is 2.31. The smallest absolute Gasteiger partial charge is 0.326 e. The lowest BCUT2D eigenvalue weighted by Gasteiger charge is -2.26. The molecule has 2 heterocycles. The van der Waals surface area contributed by atoms with Gasteiger partial charge in [0.25, 0.3) is 0 Å². The lowest BCUT2D eigenvalue weighted by atomic mass is 9.94. The normalized spacial score (nSPS) is 22.1. The summed E-state index contributed by atoms with van der Waals surface area (Å²) >= 11 is 0. The van der Waals surface area contributed by atoms with Crippen LogP contribution in [0.15, 0.2) is 24.3 Å². The van der Waals surface area contributed by atoms with Crippen LogP contribution in [-0.2, 0) is 16.0 Å². The maximum absolute atomic E-state index is 11.3. The molecule has 4 N–H and O–H groups in total. The summed E-state index contributed by atoms with van der Waals surface area (Å²) in [4.78, 5) is 25.5. The summed E-state index contributed by atoms with van der Waals surface area (Å²) in [6.07, 6.45) is 0.276. The molecule has 2 aromatic rings. The van der Waals surface area contributed by atoms with Crippen molar-refractivity contribution in [3.63, 3.8) is 0 Å². The van der Waals surface area contributed by atoms with Crippen LogP contribution in [0.4, 0.5) is 0 Å². The van der Waals surface area contributed by atoms with Crippen molar-refractivity contribution in [2.45, 2.75) is 18.5 Å². The Morgan fingerprint density at radius 1 is 1.16 bits per heavy atom. The number of carboxylic acid groups (broad SMARTS) is 2. The fourth-order valence-electron chi connectivity index (χ4n) is 2.59. The Kier molecular flexibility index (Phi) is 2.53. The predicted octanol–water partition coefficient (Wildman–Crippen LogP) is 0.893. The lowest BCUT2D eigenvalue weighted by molar-refractivity contribution is -0.143. The van der Waals surface area contributed by atoms with Crippen LogP contribution in [0.1, 0.15) is 17.3 Å². The van der Waals surface area contributed by atoms with Gasteiger partial charge in [0, 0.05) is 23.0 Å². The third kappa shape index (κ3) is 1.77. The highest BCUT2D eigenvalue weighted by molar-refractivity contribution is 5.90. The largest absolute Gasteiger partial charge is 0.480 e. The van der Waals surface area contributed by atoms with E-state index in [1.54, 1.807) is 0 Å². The third-order valence-corrected chi connectivity index (χ3v) is 3.46. The van der Waals surface area contributed by atoms with Crippen molar-refractivity contribution in [3.8, 4) is 0 Å². The quantitative estimate of drug-likeness (QED) is 0.642. The summed E-state index contributed by atoms with van der Waals surface area (Å²) in [5, 5.41) is 21.9. The molecule has 0 saturated heterocycles. The number of rotatable bonds is 2. The molecule has 1 aliphatic heterocycles. The Balaban J connectivity index is 2.19. The monoisotopic (exact) mass is 260 g/mol. The zero-order valence-electron chi connectivity index (χ0n) is 9.88. The molecule has 1 aliphatic rings.